The third-order valence-corrected chi connectivity index (χ3v) is 2.69. The molecule has 6 nitrogen and oxygen atoms in total. The van der Waals surface area contributed by atoms with Crippen LogP contribution >= 0.6 is 0 Å². The number of nitrogens with zero attached hydrogens (tertiary/aromatic N) is 2. The Labute approximate surface area is 106 Å². The molecule has 0 aliphatic carbocycles. The number of carbonyl (C=O) groups excluding carboxylic acids is 1. The summed E-state index contributed by atoms with van der Waals surface area (Å²) >= 11 is 0. The SMILES string of the molecule is CC(CNC(=O)c1ncccc1C(=O)O)N(C)C. The van der Waals surface area contributed by atoms with Crippen molar-refractivity contribution in [2.24, 2.45) is 0 Å². The van der Waals surface area contributed by atoms with Gasteiger partial charge in [-0.25, -0.2) is 4.79 Å². The van der Waals surface area contributed by atoms with Gasteiger partial charge in [-0.3, -0.25) is 9.78 Å². The van der Waals surface area contributed by atoms with Crippen LogP contribution in [-0.4, -0.2) is 53.5 Å². The molecule has 0 radical (unpaired) electrons. The smallest absolute Gasteiger partial charge is 0.338 e. The van der Waals surface area contributed by atoms with Crippen LogP contribution in [0, 0.1) is 0 Å². The van der Waals surface area contributed by atoms with Crippen LogP contribution in [0.3, 0.4) is 0 Å². The number of amides is 1. The summed E-state index contributed by atoms with van der Waals surface area (Å²) < 4.78 is 0. The van der Waals surface area contributed by atoms with Gasteiger partial charge in [-0.1, -0.05) is 0 Å². The largest absolute Gasteiger partial charge is 0.478 e. The molecule has 0 bridgehead atoms. The summed E-state index contributed by atoms with van der Waals surface area (Å²) in [5, 5.41) is 11.6. The number of hydrogen-bond acceptors (Lipinski definition) is 4. The fraction of sp³-hybridized carbons (Fsp3) is 0.417. The van der Waals surface area contributed by atoms with Gasteiger partial charge in [0.1, 0.15) is 5.69 Å². The standard InChI is InChI=1S/C12H17N3O3/c1-8(15(2)3)7-14-11(16)10-9(12(17)18)5-4-6-13-10/h4-6,8H,7H2,1-3H3,(H,14,16)(H,17,18). The Morgan fingerprint density at radius 3 is 2.72 bits per heavy atom. The monoisotopic (exact) mass is 251 g/mol. The van der Waals surface area contributed by atoms with Crippen molar-refractivity contribution >= 4 is 11.9 Å². The maximum Gasteiger partial charge on any atom is 0.338 e. The first-order valence-electron chi connectivity index (χ1n) is 5.56. The molecule has 1 aromatic heterocycles. The van der Waals surface area contributed by atoms with E-state index in [9.17, 15) is 9.59 Å². The number of carboxylic acids is 1. The number of likely N-dealkylation sites (N-methyl/N-ethyl adjacent to an activating group) is 1. The van der Waals surface area contributed by atoms with Crippen LogP contribution < -0.4 is 5.32 Å². The molecule has 1 atom stereocenters. The average Bonchev–Trinajstić information content (AvgIpc) is 2.35. The van der Waals surface area contributed by atoms with Crippen LogP contribution in [0.4, 0.5) is 0 Å². The molecule has 0 aliphatic heterocycles. The van der Waals surface area contributed by atoms with Gasteiger partial charge in [0.15, 0.2) is 0 Å². The van der Waals surface area contributed by atoms with Crippen molar-refractivity contribution in [3.05, 3.63) is 29.6 Å². The van der Waals surface area contributed by atoms with E-state index in [0.29, 0.717) is 6.54 Å². The molecule has 0 aliphatic rings. The first-order valence-corrected chi connectivity index (χ1v) is 5.56. The normalized spacial score (nSPS) is 12.2. The molecule has 1 aromatic rings. The van der Waals surface area contributed by atoms with Crippen molar-refractivity contribution in [3.8, 4) is 0 Å². The number of aromatic carboxylic acids is 1. The van der Waals surface area contributed by atoms with E-state index in [1.807, 2.05) is 25.9 Å². The van der Waals surface area contributed by atoms with Crippen LogP contribution in [0.25, 0.3) is 0 Å². The molecular formula is C12H17N3O3. The summed E-state index contributed by atoms with van der Waals surface area (Å²) in [5.41, 5.74) is -0.150. The van der Waals surface area contributed by atoms with E-state index in [1.165, 1.54) is 18.3 Å². The zero-order chi connectivity index (χ0) is 13.7. The van der Waals surface area contributed by atoms with Crippen molar-refractivity contribution in [1.82, 2.24) is 15.2 Å². The molecule has 18 heavy (non-hydrogen) atoms. The van der Waals surface area contributed by atoms with Crippen molar-refractivity contribution in [3.63, 3.8) is 0 Å². The molecule has 1 unspecified atom stereocenters. The van der Waals surface area contributed by atoms with Gasteiger partial charge in [0, 0.05) is 18.8 Å². The van der Waals surface area contributed by atoms with E-state index in [-0.39, 0.29) is 17.3 Å². The van der Waals surface area contributed by atoms with Gasteiger partial charge >= 0.3 is 5.97 Å². The maximum absolute atomic E-state index is 11.8. The van der Waals surface area contributed by atoms with Crippen LogP contribution in [-0.2, 0) is 0 Å². The lowest BCUT2D eigenvalue weighted by Gasteiger charge is -2.19. The molecule has 2 N–H and O–H groups in total. The third kappa shape index (κ3) is 3.53. The Morgan fingerprint density at radius 1 is 1.50 bits per heavy atom. The summed E-state index contributed by atoms with van der Waals surface area (Å²) in [6.07, 6.45) is 1.40. The summed E-state index contributed by atoms with van der Waals surface area (Å²) in [6.45, 7) is 2.39. The van der Waals surface area contributed by atoms with Crippen molar-refractivity contribution in [2.75, 3.05) is 20.6 Å². The fourth-order valence-corrected chi connectivity index (χ4v) is 1.27. The summed E-state index contributed by atoms with van der Waals surface area (Å²) in [6, 6.07) is 3.01. The molecule has 0 spiro atoms. The summed E-state index contributed by atoms with van der Waals surface area (Å²) in [7, 11) is 3.81. The Morgan fingerprint density at radius 2 is 2.17 bits per heavy atom. The van der Waals surface area contributed by atoms with E-state index >= 15 is 0 Å². The van der Waals surface area contributed by atoms with Gasteiger partial charge in [-0.05, 0) is 33.2 Å². The lowest BCUT2D eigenvalue weighted by atomic mass is 10.2. The Kier molecular flexibility index (Phi) is 4.79. The predicted molar refractivity (Wildman–Crippen MR) is 66.7 cm³/mol. The van der Waals surface area contributed by atoms with Gasteiger partial charge in [0.2, 0.25) is 0 Å². The van der Waals surface area contributed by atoms with E-state index in [4.69, 9.17) is 5.11 Å². The number of hydrogen-bond donors (Lipinski definition) is 2. The molecule has 98 valence electrons. The van der Waals surface area contributed by atoms with Crippen LogP contribution in [0.2, 0.25) is 0 Å². The first kappa shape index (κ1) is 14.1. The van der Waals surface area contributed by atoms with E-state index in [1.54, 1.807) is 0 Å². The second-order valence-electron chi connectivity index (χ2n) is 4.23. The molecule has 1 heterocycles. The number of aromatic nitrogens is 1. The molecular weight excluding hydrogens is 234 g/mol. The lowest BCUT2D eigenvalue weighted by Crippen LogP contribution is -2.38. The van der Waals surface area contributed by atoms with Crippen molar-refractivity contribution in [2.45, 2.75) is 13.0 Å². The predicted octanol–water partition coefficient (Wildman–Crippen LogP) is 0.460. The lowest BCUT2D eigenvalue weighted by molar-refractivity contribution is 0.0689. The minimum Gasteiger partial charge on any atom is -0.478 e. The summed E-state index contributed by atoms with van der Waals surface area (Å²) in [5.74, 6) is -1.63. The third-order valence-electron chi connectivity index (χ3n) is 2.69. The number of rotatable bonds is 5. The van der Waals surface area contributed by atoms with E-state index < -0.39 is 11.9 Å². The fourth-order valence-electron chi connectivity index (χ4n) is 1.27. The number of carbonyl (C=O) groups is 2. The molecule has 1 amide bonds. The highest BCUT2D eigenvalue weighted by atomic mass is 16.4. The highest BCUT2D eigenvalue weighted by Gasteiger charge is 2.17. The maximum atomic E-state index is 11.8. The molecule has 0 saturated carbocycles. The van der Waals surface area contributed by atoms with E-state index in [2.05, 4.69) is 10.3 Å². The molecule has 0 fully saturated rings. The first-order chi connectivity index (χ1) is 8.43. The van der Waals surface area contributed by atoms with Crippen LogP contribution in [0.15, 0.2) is 18.3 Å². The number of nitrogens with one attached hydrogen (secondary N) is 1. The van der Waals surface area contributed by atoms with Gasteiger partial charge in [0.05, 0.1) is 5.56 Å². The molecule has 1 rings (SSSR count). The quantitative estimate of drug-likeness (QED) is 0.794. The Bertz CT molecular complexity index is 446. The Balaban J connectivity index is 2.76. The Hall–Kier alpha value is -1.95. The minimum atomic E-state index is -1.16. The molecule has 0 saturated heterocycles. The van der Waals surface area contributed by atoms with Crippen molar-refractivity contribution < 1.29 is 14.7 Å². The minimum absolute atomic E-state index is 0.0593. The zero-order valence-electron chi connectivity index (χ0n) is 10.7. The highest BCUT2D eigenvalue weighted by Crippen LogP contribution is 2.05. The van der Waals surface area contributed by atoms with E-state index in [0.717, 1.165) is 0 Å². The summed E-state index contributed by atoms with van der Waals surface area (Å²) in [4.78, 5) is 28.6. The molecule has 0 aromatic carbocycles. The zero-order valence-corrected chi connectivity index (χ0v) is 10.7. The van der Waals surface area contributed by atoms with Gasteiger partial charge in [-0.15, -0.1) is 0 Å². The highest BCUT2D eigenvalue weighted by molar-refractivity contribution is 6.03. The van der Waals surface area contributed by atoms with Crippen LogP contribution in [0.1, 0.15) is 27.8 Å². The number of carboxylic acid groups (broad SMARTS) is 1. The second kappa shape index (κ2) is 6.11. The van der Waals surface area contributed by atoms with Gasteiger partial charge in [-0.2, -0.15) is 0 Å². The van der Waals surface area contributed by atoms with Gasteiger partial charge < -0.3 is 15.3 Å². The topological polar surface area (TPSA) is 82.5 Å². The average molecular weight is 251 g/mol. The number of pyridine rings is 1. The second-order valence-corrected chi connectivity index (χ2v) is 4.23. The van der Waals surface area contributed by atoms with Gasteiger partial charge in [0.25, 0.3) is 5.91 Å². The van der Waals surface area contributed by atoms with Crippen LogP contribution in [0.5, 0.6) is 0 Å². The van der Waals surface area contributed by atoms with Crippen molar-refractivity contribution in [1.29, 1.82) is 0 Å². The molecule has 6 heteroatoms.